The highest BCUT2D eigenvalue weighted by Gasteiger charge is 2.50. The van der Waals surface area contributed by atoms with Crippen LogP contribution in [0.4, 0.5) is 0 Å². The van der Waals surface area contributed by atoms with Crippen molar-refractivity contribution in [3.63, 3.8) is 0 Å². The molecule has 4 aliphatic rings. The zero-order valence-corrected chi connectivity index (χ0v) is 55.3. The number of methoxy groups -OCH3 is 2. The van der Waals surface area contributed by atoms with Crippen LogP contribution in [0.5, 0.6) is 0 Å². The number of hydrogen-bond donors (Lipinski definition) is 4. The molecule has 16 unspecified atom stereocenters. The average Bonchev–Trinajstić information content (AvgIpc) is 1.74. The molecule has 0 bridgehead atoms. The molecule has 0 spiro atoms. The van der Waals surface area contributed by atoms with E-state index >= 15 is 0 Å². The van der Waals surface area contributed by atoms with Gasteiger partial charge in [0.1, 0.15) is 77.1 Å². The van der Waals surface area contributed by atoms with Crippen molar-refractivity contribution in [1.82, 2.24) is 45.0 Å². The Balaban J connectivity index is 0.000000168. The molecule has 0 amide bonds. The summed E-state index contributed by atoms with van der Waals surface area (Å²) in [7, 11) is 3.07. The van der Waals surface area contributed by atoms with Crippen LogP contribution < -0.4 is 0 Å². The number of aliphatic hydroxyl groups is 4. The number of thioether (sulfide) groups is 2. The Morgan fingerprint density at radius 2 is 0.990 bits per heavy atom. The first-order chi connectivity index (χ1) is 47.4. The van der Waals surface area contributed by atoms with Gasteiger partial charge < -0.3 is 53.6 Å². The monoisotopic (exact) mass is 1350 g/mol. The highest BCUT2D eigenvalue weighted by Crippen LogP contribution is 2.43. The smallest absolute Gasteiger partial charge is 0.302 e. The number of terminal acetylenes is 1. The Hall–Kier alpha value is -8.62. The maximum atomic E-state index is 11.5. The number of aromatic nitrogens is 9. The van der Waals surface area contributed by atoms with Gasteiger partial charge in [-0.05, 0) is 45.8 Å². The van der Waals surface area contributed by atoms with Crippen molar-refractivity contribution in [2.24, 2.45) is 11.0 Å². The van der Waals surface area contributed by atoms with Crippen molar-refractivity contribution >= 4 is 29.5 Å². The van der Waals surface area contributed by atoms with Gasteiger partial charge in [0.2, 0.25) is 0 Å². The van der Waals surface area contributed by atoms with Crippen LogP contribution in [0.1, 0.15) is 37.5 Å². The number of aliphatic hydroxyl groups excluding tert-OH is 4. The Kier molecular flexibility index (Phi) is 24.1. The van der Waals surface area contributed by atoms with Crippen molar-refractivity contribution in [2.75, 3.05) is 53.9 Å². The summed E-state index contributed by atoms with van der Waals surface area (Å²) in [6.07, 6.45) is 5.16. The molecule has 4 saturated heterocycles. The number of hydrogen-bond acceptors (Lipinski definition) is 21. The number of rotatable bonds is 18. The van der Waals surface area contributed by atoms with Crippen LogP contribution >= 0.6 is 23.5 Å². The van der Waals surface area contributed by atoms with Crippen molar-refractivity contribution in [1.29, 1.82) is 0 Å². The average molecular weight is 1350 g/mol. The van der Waals surface area contributed by atoms with E-state index in [4.69, 9.17) is 45.1 Å². The molecular formula is C71H76N12O12S2. The first-order valence-electron chi connectivity index (χ1n) is 31.7. The lowest BCUT2D eigenvalue weighted by molar-refractivity contribution is -0.186. The highest BCUT2D eigenvalue weighted by molar-refractivity contribution is 8.00. The Bertz CT molecular complexity index is 4020. The number of azide groups is 1. The molecule has 3 aromatic heterocycles. The summed E-state index contributed by atoms with van der Waals surface area (Å²) in [4.78, 5) is 14.4. The SMILES string of the molecule is C#Cc1ccc(-c2ccccc2)cc1.COC1C(SC2COCC(n3cc(-c4ccccc4)nn3)C2O)OC(CO)C(O)C1n1cc(-c2ccc(-c3ccccc3)cc2)nn1.COC1C(SC2COCC(n3cc(-c4ccccc4)nn3)C2O)OC(COC(C)=O)C(C)C1N=[N+]=[N-]. The summed E-state index contributed by atoms with van der Waals surface area (Å²) in [5, 5.41) is 73.3. The number of carbonyl (C=O) groups excluding carboxylic acids is 1. The van der Waals surface area contributed by atoms with Crippen molar-refractivity contribution < 1.29 is 58.4 Å². The van der Waals surface area contributed by atoms with Gasteiger partial charge in [-0.2, -0.15) is 0 Å². The molecule has 0 saturated carbocycles. The van der Waals surface area contributed by atoms with Gasteiger partial charge in [-0.15, -0.1) is 45.2 Å². The second-order valence-electron chi connectivity index (χ2n) is 23.6. The number of ether oxygens (including phenoxy) is 7. The van der Waals surface area contributed by atoms with Crippen LogP contribution in [0.2, 0.25) is 0 Å². The summed E-state index contributed by atoms with van der Waals surface area (Å²) in [5.41, 5.74) is 18.2. The van der Waals surface area contributed by atoms with E-state index < -0.39 is 95.6 Å². The normalized spacial score (nSPS) is 26.9. The Morgan fingerprint density at radius 3 is 1.43 bits per heavy atom. The topological polar surface area (TPSA) is 303 Å². The summed E-state index contributed by atoms with van der Waals surface area (Å²) < 4.78 is 45.8. The van der Waals surface area contributed by atoms with Gasteiger partial charge in [-0.25, -0.2) is 14.0 Å². The molecule has 26 heteroatoms. The second kappa shape index (κ2) is 33.6. The summed E-state index contributed by atoms with van der Waals surface area (Å²) >= 11 is 2.68. The number of carbonyl (C=O) groups is 1. The third-order valence-corrected chi connectivity index (χ3v) is 20.3. The maximum Gasteiger partial charge on any atom is 0.302 e. The largest absolute Gasteiger partial charge is 0.463 e. The van der Waals surface area contributed by atoms with Crippen molar-refractivity contribution in [3.05, 3.63) is 204 Å². The van der Waals surface area contributed by atoms with Gasteiger partial charge >= 0.3 is 5.97 Å². The number of esters is 1. The third-order valence-electron chi connectivity index (χ3n) is 17.5. The fourth-order valence-electron chi connectivity index (χ4n) is 12.1. The number of benzene rings is 6. The van der Waals surface area contributed by atoms with Crippen LogP contribution in [-0.4, -0.2) is 195 Å². The quantitative estimate of drug-likeness (QED) is 0.0204. The van der Waals surface area contributed by atoms with Gasteiger partial charge in [0.05, 0.1) is 86.5 Å². The zero-order chi connectivity index (χ0) is 67.8. The lowest BCUT2D eigenvalue weighted by Crippen LogP contribution is -2.56. The molecule has 4 aliphatic heterocycles. The fourth-order valence-corrected chi connectivity index (χ4v) is 15.1. The third kappa shape index (κ3) is 16.9. The van der Waals surface area contributed by atoms with Gasteiger partial charge in [-0.3, -0.25) is 4.79 Å². The second-order valence-corrected chi connectivity index (χ2v) is 26.2. The van der Waals surface area contributed by atoms with Gasteiger partial charge in [-0.1, -0.05) is 191 Å². The fraction of sp³-hybridized carbons (Fsp3) is 0.366. The minimum atomic E-state index is -1.14. The predicted octanol–water partition coefficient (Wildman–Crippen LogP) is 9.17. The zero-order valence-electron chi connectivity index (χ0n) is 53.7. The molecule has 13 rings (SSSR count). The Labute approximate surface area is 569 Å². The summed E-state index contributed by atoms with van der Waals surface area (Å²) in [6, 6.07) is 53.6. The molecule has 4 fully saturated rings. The molecule has 4 N–H and O–H groups in total. The molecule has 6 aromatic carbocycles. The summed E-state index contributed by atoms with van der Waals surface area (Å²) in [5.74, 6) is 1.92. The van der Waals surface area contributed by atoms with E-state index in [9.17, 15) is 25.2 Å². The molecule has 97 heavy (non-hydrogen) atoms. The van der Waals surface area contributed by atoms with Gasteiger partial charge in [0.25, 0.3) is 0 Å². The van der Waals surface area contributed by atoms with Gasteiger partial charge in [0.15, 0.2) is 0 Å². The standard InChI is InChI=1S/C34H36N6O6S.C23H30N6O6S.C14H10/c1-44-33-30(40-17-26(36-38-40)24-14-12-22(13-15-24)21-8-4-2-5-9-21)32(43)28(18-41)46-34(33)47-29-20-45-19-27(31(29)42)39-16-25(35-37-39)23-10-6-3-7-11-23;1-13-18(11-34-14(2)30)35-23(22(32-3)20(13)26-27-24)36-19-12-33-10-17(21(19)31)29-9-16(25-28-29)15-7-5-4-6-8-15;1-2-12-8-10-14(11-9-12)13-6-4-3-5-7-13/h2-17,27-34,41-43H,18-20H2,1H3;4-9,13,17-23,31H,10-12H2,1-3H3;1,3-11H. The highest BCUT2D eigenvalue weighted by atomic mass is 32.2. The van der Waals surface area contributed by atoms with Gasteiger partial charge in [0, 0.05) is 48.3 Å². The first-order valence-corrected chi connectivity index (χ1v) is 33.5. The van der Waals surface area contributed by atoms with E-state index in [0.717, 1.165) is 33.4 Å². The van der Waals surface area contributed by atoms with Crippen LogP contribution in [-0.2, 0) is 38.0 Å². The molecule has 9 aromatic rings. The lowest BCUT2D eigenvalue weighted by Gasteiger charge is -2.45. The van der Waals surface area contributed by atoms with E-state index in [-0.39, 0.29) is 44.2 Å². The van der Waals surface area contributed by atoms with E-state index in [1.54, 1.807) is 32.6 Å². The van der Waals surface area contributed by atoms with E-state index in [2.05, 4.69) is 71.1 Å². The molecule has 24 nitrogen and oxygen atoms in total. The van der Waals surface area contributed by atoms with Crippen LogP contribution in [0.25, 0.3) is 66.5 Å². The predicted molar refractivity (Wildman–Crippen MR) is 366 cm³/mol. The van der Waals surface area contributed by atoms with Crippen LogP contribution in [0.15, 0.2) is 194 Å². The minimum absolute atomic E-state index is 0.0228. The summed E-state index contributed by atoms with van der Waals surface area (Å²) in [6.45, 7) is 3.90. The Morgan fingerprint density at radius 1 is 0.588 bits per heavy atom. The van der Waals surface area contributed by atoms with Crippen molar-refractivity contribution in [2.45, 2.75) is 102 Å². The first kappa shape index (κ1) is 69.7. The van der Waals surface area contributed by atoms with E-state index in [0.29, 0.717) is 17.1 Å². The lowest BCUT2D eigenvalue weighted by atomic mass is 9.89. The van der Waals surface area contributed by atoms with E-state index in [1.165, 1.54) is 55.8 Å². The maximum absolute atomic E-state index is 11.5. The molecule has 504 valence electrons. The van der Waals surface area contributed by atoms with Crippen molar-refractivity contribution in [3.8, 4) is 68.4 Å². The molecule has 0 aliphatic carbocycles. The molecular weight excluding hydrogens is 1280 g/mol. The minimum Gasteiger partial charge on any atom is -0.463 e. The number of nitrogens with zero attached hydrogens (tertiary/aromatic N) is 12. The molecule has 0 radical (unpaired) electrons. The molecule has 16 atom stereocenters. The molecule has 7 heterocycles. The van der Waals surface area contributed by atoms with E-state index in [1.807, 2.05) is 153 Å². The van der Waals surface area contributed by atoms with Crippen LogP contribution in [0, 0.1) is 18.3 Å². The van der Waals surface area contributed by atoms with Crippen LogP contribution in [0.3, 0.4) is 0 Å².